The summed E-state index contributed by atoms with van der Waals surface area (Å²) < 4.78 is 0.739. The summed E-state index contributed by atoms with van der Waals surface area (Å²) in [7, 11) is 0. The smallest absolute Gasteiger partial charge is 0.279 e. The lowest BCUT2D eigenvalue weighted by Gasteiger charge is -2.17. The Labute approximate surface area is 166 Å². The number of carbonyl (C=O) groups excluding carboxylic acids is 2. The molecule has 138 valence electrons. The first-order chi connectivity index (χ1) is 12.5. The molecule has 4 N–H and O–H groups in total. The van der Waals surface area contributed by atoms with Gasteiger partial charge in [-0.05, 0) is 30.3 Å². The molecule has 2 rings (SSSR count). The number of amides is 2. The molecule has 0 aliphatic heterocycles. The number of nitrogens with two attached hydrogens (primary N) is 1. The minimum Gasteiger partial charge on any atom is -0.369 e. The maximum atomic E-state index is 12.5. The van der Waals surface area contributed by atoms with Gasteiger partial charge in [0, 0.05) is 4.90 Å². The molecule has 1 aromatic carbocycles. The van der Waals surface area contributed by atoms with Gasteiger partial charge in [-0.2, -0.15) is 0 Å². The Kier molecular flexibility index (Phi) is 8.18. The van der Waals surface area contributed by atoms with Gasteiger partial charge in [-0.25, -0.2) is 0 Å². The lowest BCUT2D eigenvalue weighted by atomic mass is 10.3. The Morgan fingerprint density at radius 3 is 2.73 bits per heavy atom. The molecule has 1 aromatic heterocycles. The number of para-hydroxylation sites is 1. The third-order valence-electron chi connectivity index (χ3n) is 3.43. The minimum absolute atomic E-state index is 0.100. The molecular formula is C18H21ClN3O2S2+. The molecular weight excluding hydrogens is 390 g/mol. The van der Waals surface area contributed by atoms with E-state index in [-0.39, 0.29) is 11.7 Å². The molecule has 26 heavy (non-hydrogen) atoms. The van der Waals surface area contributed by atoms with Crippen LogP contribution in [0.15, 0.2) is 53.9 Å². The second-order valence-electron chi connectivity index (χ2n) is 5.60. The van der Waals surface area contributed by atoms with Crippen molar-refractivity contribution in [3.63, 3.8) is 0 Å². The molecule has 1 atom stereocenters. The fourth-order valence-electron chi connectivity index (χ4n) is 2.37. The highest BCUT2D eigenvalue weighted by molar-refractivity contribution is 8.00. The minimum atomic E-state index is -0.396. The lowest BCUT2D eigenvalue weighted by molar-refractivity contribution is -0.899. The van der Waals surface area contributed by atoms with Crippen LogP contribution in [0.1, 0.15) is 4.88 Å². The van der Waals surface area contributed by atoms with Crippen LogP contribution in [0.3, 0.4) is 0 Å². The summed E-state index contributed by atoms with van der Waals surface area (Å²) in [6, 6.07) is 11.2. The van der Waals surface area contributed by atoms with E-state index in [0.717, 1.165) is 19.0 Å². The second kappa shape index (κ2) is 10.4. The van der Waals surface area contributed by atoms with Gasteiger partial charge in [0.2, 0.25) is 5.91 Å². The van der Waals surface area contributed by atoms with Gasteiger partial charge in [-0.1, -0.05) is 30.3 Å². The third kappa shape index (κ3) is 6.84. The summed E-state index contributed by atoms with van der Waals surface area (Å²) in [5.74, 6) is -0.330. The molecule has 0 aliphatic rings. The van der Waals surface area contributed by atoms with Crippen molar-refractivity contribution in [3.8, 4) is 0 Å². The molecule has 0 bridgehead atoms. The van der Waals surface area contributed by atoms with Crippen LogP contribution in [0.25, 0.3) is 0 Å². The highest BCUT2D eigenvalue weighted by atomic mass is 35.5. The first-order valence-electron chi connectivity index (χ1n) is 7.96. The van der Waals surface area contributed by atoms with E-state index >= 15 is 0 Å². The van der Waals surface area contributed by atoms with Gasteiger partial charge in [0.1, 0.15) is 6.54 Å². The number of thioether (sulfide) groups is 1. The van der Waals surface area contributed by atoms with Crippen LogP contribution in [0, 0.1) is 0 Å². The van der Waals surface area contributed by atoms with Crippen molar-refractivity contribution in [3.05, 3.63) is 58.3 Å². The van der Waals surface area contributed by atoms with Gasteiger partial charge in [0.15, 0.2) is 6.54 Å². The molecule has 0 saturated heterocycles. The topological polar surface area (TPSA) is 76.6 Å². The highest BCUT2D eigenvalue weighted by Gasteiger charge is 2.16. The number of anilines is 1. The number of hydrogen-bond donors (Lipinski definition) is 3. The lowest BCUT2D eigenvalue weighted by Crippen LogP contribution is -3.11. The van der Waals surface area contributed by atoms with Gasteiger partial charge < -0.3 is 16.0 Å². The molecule has 8 heteroatoms. The van der Waals surface area contributed by atoms with Crippen LogP contribution in [0.5, 0.6) is 0 Å². The fourth-order valence-corrected chi connectivity index (χ4v) is 4.28. The maximum absolute atomic E-state index is 12.5. The van der Waals surface area contributed by atoms with Crippen molar-refractivity contribution >= 4 is 52.2 Å². The number of hydrogen-bond acceptors (Lipinski definition) is 4. The molecule has 0 aliphatic carbocycles. The SMILES string of the molecule is C=CC[NH+](CC(=O)Nc1ccccc1SCC(N)=O)Cc1ccc(Cl)s1. The fraction of sp³-hybridized carbons (Fsp3) is 0.222. The summed E-state index contributed by atoms with van der Waals surface area (Å²) in [4.78, 5) is 26.5. The number of primary amides is 1. The Morgan fingerprint density at radius 1 is 1.31 bits per heavy atom. The van der Waals surface area contributed by atoms with E-state index in [1.807, 2.05) is 36.4 Å². The first kappa shape index (κ1) is 20.5. The van der Waals surface area contributed by atoms with Crippen LogP contribution in [-0.4, -0.2) is 30.7 Å². The highest BCUT2D eigenvalue weighted by Crippen LogP contribution is 2.26. The largest absolute Gasteiger partial charge is 0.369 e. The molecule has 2 amide bonds. The van der Waals surface area contributed by atoms with Gasteiger partial charge >= 0.3 is 0 Å². The normalized spacial score (nSPS) is 11.7. The van der Waals surface area contributed by atoms with Crippen molar-refractivity contribution in [2.45, 2.75) is 11.4 Å². The number of halogens is 1. The van der Waals surface area contributed by atoms with E-state index in [0.29, 0.717) is 25.3 Å². The second-order valence-corrected chi connectivity index (χ2v) is 8.42. The van der Waals surface area contributed by atoms with Crippen molar-refractivity contribution in [1.82, 2.24) is 0 Å². The molecule has 0 saturated carbocycles. The van der Waals surface area contributed by atoms with E-state index in [4.69, 9.17) is 17.3 Å². The molecule has 0 radical (unpaired) electrons. The monoisotopic (exact) mass is 410 g/mol. The number of quaternary nitrogens is 1. The van der Waals surface area contributed by atoms with Gasteiger partial charge in [-0.15, -0.1) is 23.1 Å². The van der Waals surface area contributed by atoms with Crippen molar-refractivity contribution in [1.29, 1.82) is 0 Å². The summed E-state index contributed by atoms with van der Waals surface area (Å²) >= 11 is 8.80. The summed E-state index contributed by atoms with van der Waals surface area (Å²) in [6.45, 7) is 5.44. The van der Waals surface area contributed by atoms with Crippen LogP contribution in [-0.2, 0) is 16.1 Å². The third-order valence-corrected chi connectivity index (χ3v) is 5.75. The summed E-state index contributed by atoms with van der Waals surface area (Å²) in [5, 5.41) is 2.92. The molecule has 1 unspecified atom stereocenters. The van der Waals surface area contributed by atoms with E-state index in [2.05, 4.69) is 11.9 Å². The average Bonchev–Trinajstić information content (AvgIpc) is 2.99. The van der Waals surface area contributed by atoms with Crippen molar-refractivity contribution in [2.75, 3.05) is 24.2 Å². The average molecular weight is 411 g/mol. The predicted octanol–water partition coefficient (Wildman–Crippen LogP) is 2.19. The van der Waals surface area contributed by atoms with Gasteiger partial charge in [-0.3, -0.25) is 9.59 Å². The summed E-state index contributed by atoms with van der Waals surface area (Å²) in [5.41, 5.74) is 5.88. The van der Waals surface area contributed by atoms with E-state index in [1.54, 1.807) is 6.08 Å². The van der Waals surface area contributed by atoms with Gasteiger partial charge in [0.05, 0.1) is 27.2 Å². The number of thiophene rings is 1. The van der Waals surface area contributed by atoms with E-state index < -0.39 is 5.91 Å². The summed E-state index contributed by atoms with van der Waals surface area (Å²) in [6.07, 6.45) is 1.80. The quantitative estimate of drug-likeness (QED) is 0.415. The van der Waals surface area contributed by atoms with Crippen LogP contribution in [0.2, 0.25) is 4.34 Å². The number of carbonyl (C=O) groups is 2. The molecule has 0 fully saturated rings. The standard InChI is InChI=1S/C18H20ClN3O2S2/c1-2-9-22(10-13-7-8-16(19)26-13)11-18(24)21-14-5-3-4-6-15(14)25-12-17(20)23/h2-8H,1,9-12H2,(H2,20,23)(H,21,24)/p+1. The Morgan fingerprint density at radius 2 is 2.08 bits per heavy atom. The zero-order valence-electron chi connectivity index (χ0n) is 14.2. The van der Waals surface area contributed by atoms with E-state index in [1.165, 1.54) is 23.1 Å². The molecule has 0 spiro atoms. The predicted molar refractivity (Wildman–Crippen MR) is 109 cm³/mol. The Balaban J connectivity index is 1.99. The Bertz CT molecular complexity index is 779. The zero-order valence-corrected chi connectivity index (χ0v) is 16.6. The first-order valence-corrected chi connectivity index (χ1v) is 10.1. The van der Waals surface area contributed by atoms with Crippen molar-refractivity contribution < 1.29 is 14.5 Å². The van der Waals surface area contributed by atoms with E-state index in [9.17, 15) is 9.59 Å². The van der Waals surface area contributed by atoms with Gasteiger partial charge in [0.25, 0.3) is 5.91 Å². The Hall–Kier alpha value is -1.80. The van der Waals surface area contributed by atoms with Crippen molar-refractivity contribution in [2.24, 2.45) is 5.73 Å². The number of rotatable bonds is 10. The van der Waals surface area contributed by atoms with Crippen LogP contribution >= 0.6 is 34.7 Å². The molecule has 1 heterocycles. The molecule has 5 nitrogen and oxygen atoms in total. The number of benzene rings is 1. The van der Waals surface area contributed by atoms with Crippen LogP contribution in [0.4, 0.5) is 5.69 Å². The number of nitrogens with one attached hydrogen (secondary N) is 2. The zero-order chi connectivity index (χ0) is 18.9. The van der Waals surface area contributed by atoms with Crippen LogP contribution < -0.4 is 16.0 Å². The molecule has 2 aromatic rings. The maximum Gasteiger partial charge on any atom is 0.279 e.